The third-order valence-corrected chi connectivity index (χ3v) is 4.87. The largest absolute Gasteiger partial charge is 0.433 e. The lowest BCUT2D eigenvalue weighted by Gasteiger charge is -2.39. The van der Waals surface area contributed by atoms with Crippen molar-refractivity contribution in [3.8, 4) is 0 Å². The number of alkyl halides is 3. The number of hydrogen-bond acceptors (Lipinski definition) is 4. The zero-order valence-corrected chi connectivity index (χ0v) is 11.8. The van der Waals surface area contributed by atoms with Gasteiger partial charge in [0.1, 0.15) is 5.82 Å². The minimum atomic E-state index is -4.43. The minimum Gasteiger partial charge on any atom is -0.356 e. The maximum absolute atomic E-state index is 13.1. The average Bonchev–Trinajstić information content (AvgIpc) is 3.02. The molecule has 2 aliphatic heterocycles. The third-order valence-electron chi connectivity index (χ3n) is 4.87. The van der Waals surface area contributed by atoms with Crippen molar-refractivity contribution in [1.82, 2.24) is 9.97 Å². The van der Waals surface area contributed by atoms with Crippen molar-refractivity contribution in [2.45, 2.75) is 32.0 Å². The molecule has 1 aromatic rings. The molecule has 0 spiro atoms. The smallest absolute Gasteiger partial charge is 0.356 e. The Morgan fingerprint density at radius 1 is 1.19 bits per heavy atom. The lowest BCUT2D eigenvalue weighted by molar-refractivity contribution is -0.141. The van der Waals surface area contributed by atoms with E-state index in [1.807, 2.05) is 16.7 Å². The summed E-state index contributed by atoms with van der Waals surface area (Å²) in [6, 6.07) is 1.31. The van der Waals surface area contributed by atoms with Crippen molar-refractivity contribution < 1.29 is 13.2 Å². The fourth-order valence-electron chi connectivity index (χ4n) is 3.26. The van der Waals surface area contributed by atoms with E-state index in [0.717, 1.165) is 32.1 Å². The molecule has 0 N–H and O–H groups in total. The second-order valence-electron chi connectivity index (χ2n) is 6.40. The summed E-state index contributed by atoms with van der Waals surface area (Å²) in [6.07, 6.45) is -2.24. The van der Waals surface area contributed by atoms with Gasteiger partial charge in [-0.25, -0.2) is 4.98 Å². The van der Waals surface area contributed by atoms with Gasteiger partial charge in [0.05, 0.1) is 0 Å². The lowest BCUT2D eigenvalue weighted by Crippen LogP contribution is -2.47. The number of fused-ring (bicyclic) bond motifs is 1. The summed E-state index contributed by atoms with van der Waals surface area (Å²) in [5, 5.41) is 0. The standard InChI is InChI=1S/C14H17F3N4/c1-8-2-3-21(8)13-18-11(14(15,16)17)5-12(19-13)20-6-9-4-10(9)7-20/h5,8-10H,2-4,6-7H2,1H3/t8-,9?,10?/m0/s1. The highest BCUT2D eigenvalue weighted by Crippen LogP contribution is 2.46. The Bertz CT molecular complexity index is 564. The molecule has 114 valence electrons. The van der Waals surface area contributed by atoms with Crippen molar-refractivity contribution in [3.05, 3.63) is 11.8 Å². The van der Waals surface area contributed by atoms with Crippen LogP contribution >= 0.6 is 0 Å². The van der Waals surface area contributed by atoms with Crippen molar-refractivity contribution in [2.24, 2.45) is 11.8 Å². The van der Waals surface area contributed by atoms with Gasteiger partial charge in [-0.2, -0.15) is 18.2 Å². The zero-order valence-electron chi connectivity index (χ0n) is 11.8. The van der Waals surface area contributed by atoms with E-state index in [2.05, 4.69) is 9.97 Å². The number of rotatable bonds is 2. The molecule has 3 fully saturated rings. The van der Waals surface area contributed by atoms with Crippen molar-refractivity contribution >= 4 is 11.8 Å². The van der Waals surface area contributed by atoms with Crippen LogP contribution in [0.1, 0.15) is 25.5 Å². The molecule has 1 aromatic heterocycles. The number of hydrogen-bond donors (Lipinski definition) is 0. The first-order chi connectivity index (χ1) is 9.91. The monoisotopic (exact) mass is 298 g/mol. The van der Waals surface area contributed by atoms with E-state index in [9.17, 15) is 13.2 Å². The zero-order chi connectivity index (χ0) is 14.8. The van der Waals surface area contributed by atoms with Crippen LogP contribution < -0.4 is 9.80 Å². The highest BCUT2D eigenvalue weighted by Gasteiger charge is 2.46. The van der Waals surface area contributed by atoms with Gasteiger partial charge >= 0.3 is 6.18 Å². The van der Waals surface area contributed by atoms with Crippen LogP contribution in [0.2, 0.25) is 0 Å². The van der Waals surface area contributed by atoms with Crippen LogP contribution in [0.5, 0.6) is 0 Å². The van der Waals surface area contributed by atoms with Gasteiger partial charge in [0.15, 0.2) is 5.69 Å². The van der Waals surface area contributed by atoms with Gasteiger partial charge < -0.3 is 9.80 Å². The molecule has 7 heteroatoms. The molecule has 0 radical (unpaired) electrons. The quantitative estimate of drug-likeness (QED) is 0.840. The molecule has 0 amide bonds. The van der Waals surface area contributed by atoms with Gasteiger partial charge in [0, 0.05) is 31.7 Å². The fourth-order valence-corrected chi connectivity index (χ4v) is 3.26. The maximum Gasteiger partial charge on any atom is 0.433 e. The molecule has 3 heterocycles. The van der Waals surface area contributed by atoms with Crippen LogP contribution in [0.25, 0.3) is 0 Å². The molecule has 0 aromatic carbocycles. The molecule has 2 unspecified atom stereocenters. The van der Waals surface area contributed by atoms with Crippen LogP contribution in [0.4, 0.5) is 24.9 Å². The van der Waals surface area contributed by atoms with Crippen LogP contribution in [0, 0.1) is 11.8 Å². The highest BCUT2D eigenvalue weighted by molar-refractivity contribution is 5.49. The molecular weight excluding hydrogens is 281 g/mol. The topological polar surface area (TPSA) is 32.3 Å². The summed E-state index contributed by atoms with van der Waals surface area (Å²) in [6.45, 7) is 4.37. The van der Waals surface area contributed by atoms with Crippen LogP contribution in [0.3, 0.4) is 0 Å². The predicted octanol–water partition coefficient (Wildman–Crippen LogP) is 2.55. The van der Waals surface area contributed by atoms with Gasteiger partial charge in [-0.15, -0.1) is 0 Å². The summed E-state index contributed by atoms with van der Waals surface area (Å²) >= 11 is 0. The molecule has 4 rings (SSSR count). The summed E-state index contributed by atoms with van der Waals surface area (Å²) in [7, 11) is 0. The molecule has 2 saturated heterocycles. The van der Waals surface area contributed by atoms with E-state index in [0.29, 0.717) is 17.7 Å². The second kappa shape index (κ2) is 4.24. The first-order valence-corrected chi connectivity index (χ1v) is 7.39. The number of aromatic nitrogens is 2. The van der Waals surface area contributed by atoms with E-state index in [1.165, 1.54) is 6.42 Å². The number of anilines is 2. The van der Waals surface area contributed by atoms with E-state index in [-0.39, 0.29) is 12.0 Å². The van der Waals surface area contributed by atoms with Gasteiger partial charge in [-0.3, -0.25) is 0 Å². The van der Waals surface area contributed by atoms with Crippen LogP contribution in [-0.4, -0.2) is 35.6 Å². The Labute approximate surface area is 121 Å². The molecule has 0 bridgehead atoms. The maximum atomic E-state index is 13.1. The van der Waals surface area contributed by atoms with E-state index >= 15 is 0 Å². The summed E-state index contributed by atoms with van der Waals surface area (Å²) in [5.41, 5.74) is -0.831. The Morgan fingerprint density at radius 3 is 2.43 bits per heavy atom. The predicted molar refractivity (Wildman–Crippen MR) is 72.3 cm³/mol. The number of piperidine rings is 1. The third kappa shape index (κ3) is 2.22. The van der Waals surface area contributed by atoms with Gasteiger partial charge in [-0.1, -0.05) is 0 Å². The highest BCUT2D eigenvalue weighted by atomic mass is 19.4. The van der Waals surface area contributed by atoms with Gasteiger partial charge in [0.2, 0.25) is 5.95 Å². The van der Waals surface area contributed by atoms with E-state index in [4.69, 9.17) is 0 Å². The SMILES string of the molecule is C[C@H]1CCN1c1nc(N2CC3CC3C2)cc(C(F)(F)F)n1. The van der Waals surface area contributed by atoms with Crippen LogP contribution in [-0.2, 0) is 6.18 Å². The number of nitrogens with zero attached hydrogens (tertiary/aromatic N) is 4. The van der Waals surface area contributed by atoms with E-state index in [1.54, 1.807) is 0 Å². The normalized spacial score (nSPS) is 31.1. The summed E-state index contributed by atoms with van der Waals surface area (Å²) in [4.78, 5) is 12.0. The lowest BCUT2D eigenvalue weighted by atomic mass is 10.1. The van der Waals surface area contributed by atoms with E-state index < -0.39 is 11.9 Å². The minimum absolute atomic E-state index is 0.216. The Hall–Kier alpha value is -1.53. The average molecular weight is 298 g/mol. The molecule has 21 heavy (non-hydrogen) atoms. The van der Waals surface area contributed by atoms with Crippen molar-refractivity contribution in [2.75, 3.05) is 29.4 Å². The Kier molecular flexibility index (Phi) is 2.65. The molecular formula is C14H17F3N4. The van der Waals surface area contributed by atoms with Gasteiger partial charge in [0.25, 0.3) is 0 Å². The Balaban J connectivity index is 1.69. The number of halogens is 3. The van der Waals surface area contributed by atoms with Gasteiger partial charge in [-0.05, 0) is 31.6 Å². The first-order valence-electron chi connectivity index (χ1n) is 7.39. The molecule has 3 atom stereocenters. The summed E-state index contributed by atoms with van der Waals surface area (Å²) in [5.74, 6) is 1.96. The molecule has 3 aliphatic rings. The van der Waals surface area contributed by atoms with Crippen molar-refractivity contribution in [1.29, 1.82) is 0 Å². The Morgan fingerprint density at radius 2 is 1.90 bits per heavy atom. The van der Waals surface area contributed by atoms with Crippen molar-refractivity contribution in [3.63, 3.8) is 0 Å². The molecule has 4 nitrogen and oxygen atoms in total. The summed E-state index contributed by atoms with van der Waals surface area (Å²) < 4.78 is 39.2. The molecule has 1 aliphatic carbocycles. The molecule has 1 saturated carbocycles. The first kappa shape index (κ1) is 13.2. The second-order valence-corrected chi connectivity index (χ2v) is 6.40. The van der Waals surface area contributed by atoms with Crippen LogP contribution in [0.15, 0.2) is 6.07 Å². The fraction of sp³-hybridized carbons (Fsp3) is 0.714.